The molecule has 0 aliphatic carbocycles. The van der Waals surface area contributed by atoms with Gasteiger partial charge in [0.2, 0.25) is 0 Å². The van der Waals surface area contributed by atoms with E-state index in [4.69, 9.17) is 17.5 Å². The van der Waals surface area contributed by atoms with E-state index in [9.17, 15) is 0 Å². The molecule has 48 valence electrons. The van der Waals surface area contributed by atoms with Gasteiger partial charge >= 0.3 is 10.4 Å². The molecule has 7 heavy (non-hydrogen) atoms. The summed E-state index contributed by atoms with van der Waals surface area (Å²) in [5.74, 6) is 0. The van der Waals surface area contributed by atoms with Crippen molar-refractivity contribution in [1.29, 1.82) is 0 Å². The van der Waals surface area contributed by atoms with Gasteiger partial charge in [-0.05, 0) is 0 Å². The number of hydrogen-bond donors (Lipinski definition) is 2. The zero-order chi connectivity index (χ0) is 4.50. The van der Waals surface area contributed by atoms with Gasteiger partial charge in [-0.2, -0.15) is 31.8 Å². The average Bonchev–Trinajstić information content (AvgIpc) is 0.722. The molecule has 0 aliphatic rings. The molecular weight excluding hydrogens is 159 g/mol. The first-order valence-corrected chi connectivity index (χ1v) is 2.10. The Kier molecular flexibility index (Phi) is 10.7. The minimum atomic E-state index is -4.67. The molecule has 7 heteroatoms. The van der Waals surface area contributed by atoms with Crippen molar-refractivity contribution >= 4 is 33.8 Å². The van der Waals surface area contributed by atoms with Crippen LogP contribution in [0.5, 0.6) is 0 Å². The molecule has 1 unspecified atom stereocenters. The Labute approximate surface area is 51.9 Å². The lowest BCUT2D eigenvalue weighted by Crippen LogP contribution is -1.89. The van der Waals surface area contributed by atoms with Crippen LogP contribution in [-0.4, -0.2) is 17.5 Å². The van der Waals surface area contributed by atoms with E-state index in [1.807, 2.05) is 0 Å². The van der Waals surface area contributed by atoms with Crippen LogP contribution in [-0.2, 0) is 10.4 Å². The van der Waals surface area contributed by atoms with E-state index in [-0.39, 0.29) is 23.4 Å². The second kappa shape index (κ2) is 4.80. The van der Waals surface area contributed by atoms with Crippen LogP contribution in [0.25, 0.3) is 0 Å². The van der Waals surface area contributed by atoms with Crippen molar-refractivity contribution in [3.8, 4) is 0 Å². The van der Waals surface area contributed by atoms with Crippen LogP contribution in [0.4, 0.5) is 0 Å². The molecule has 0 saturated carbocycles. The number of hydrogen-bond acceptors (Lipinski definition) is 2. The molecule has 0 amide bonds. The van der Waals surface area contributed by atoms with Gasteiger partial charge in [0.05, 0.1) is 0 Å². The van der Waals surface area contributed by atoms with Crippen molar-refractivity contribution in [2.75, 3.05) is 0 Å². The molecule has 4 nitrogen and oxygen atoms in total. The van der Waals surface area contributed by atoms with Crippen LogP contribution >= 0.6 is 23.4 Å². The van der Waals surface area contributed by atoms with Crippen molar-refractivity contribution in [3.63, 3.8) is 0 Å². The smallest absolute Gasteiger partial charge is 0.264 e. The lowest BCUT2D eigenvalue weighted by atomic mass is 15.8. The topological polar surface area (TPSA) is 74.6 Å². The third-order valence-electron chi connectivity index (χ3n) is 0. The van der Waals surface area contributed by atoms with E-state index in [2.05, 4.69) is 0 Å². The summed E-state index contributed by atoms with van der Waals surface area (Å²) in [5.41, 5.74) is 0. The summed E-state index contributed by atoms with van der Waals surface area (Å²) in [6.07, 6.45) is 0. The van der Waals surface area contributed by atoms with Crippen molar-refractivity contribution in [3.05, 3.63) is 0 Å². The van der Waals surface area contributed by atoms with Crippen molar-refractivity contribution in [2.24, 2.45) is 0 Å². The highest BCUT2D eigenvalue weighted by atomic mass is 32.3. The first-order valence-electron chi connectivity index (χ1n) is 0.698. The molecule has 0 fully saturated rings. The van der Waals surface area contributed by atoms with E-state index in [1.54, 1.807) is 0 Å². The van der Waals surface area contributed by atoms with Gasteiger partial charge in [0.25, 0.3) is 0 Å². The van der Waals surface area contributed by atoms with Gasteiger partial charge in [-0.3, -0.25) is 9.11 Å². The maximum atomic E-state index is 8.74. The normalized spacial score (nSPS) is 8.29. The molecule has 0 aromatic carbocycles. The molecular formula is H7O4PS2. The highest BCUT2D eigenvalue weighted by Gasteiger charge is 1.84. The molecule has 0 bridgehead atoms. The summed E-state index contributed by atoms with van der Waals surface area (Å²) >= 11 is 0. The quantitative estimate of drug-likeness (QED) is 0.376. The monoisotopic (exact) mass is 166 g/mol. The first-order chi connectivity index (χ1) is 2.00. The van der Waals surface area contributed by atoms with Crippen molar-refractivity contribution < 1.29 is 17.5 Å². The van der Waals surface area contributed by atoms with Crippen LogP contribution in [0.2, 0.25) is 0 Å². The summed E-state index contributed by atoms with van der Waals surface area (Å²) in [5, 5.41) is 0. The molecule has 0 radical (unpaired) electrons. The fourth-order valence-corrected chi connectivity index (χ4v) is 0. The second-order valence-corrected chi connectivity index (χ2v) is 1.34. The number of rotatable bonds is 0. The van der Waals surface area contributed by atoms with Gasteiger partial charge in [-0.15, -0.1) is 0 Å². The molecule has 0 heterocycles. The van der Waals surface area contributed by atoms with Gasteiger partial charge < -0.3 is 0 Å². The van der Waals surface area contributed by atoms with Crippen molar-refractivity contribution in [1.82, 2.24) is 0 Å². The minimum Gasteiger partial charge on any atom is -0.264 e. The molecule has 2 N–H and O–H groups in total. The second-order valence-electron chi connectivity index (χ2n) is 0.448. The third kappa shape index (κ3) is 340. The van der Waals surface area contributed by atoms with Crippen molar-refractivity contribution in [2.45, 2.75) is 0 Å². The Morgan fingerprint density at radius 2 is 1.14 bits per heavy atom. The van der Waals surface area contributed by atoms with Crippen LogP contribution in [0.3, 0.4) is 0 Å². The Morgan fingerprint density at radius 3 is 1.14 bits per heavy atom. The summed E-state index contributed by atoms with van der Waals surface area (Å²) in [6, 6.07) is 0. The highest BCUT2D eigenvalue weighted by Crippen LogP contribution is 1.59. The zero-order valence-corrected chi connectivity index (χ0v) is 6.56. The fourth-order valence-electron chi connectivity index (χ4n) is 0. The third-order valence-corrected chi connectivity index (χ3v) is 0. The van der Waals surface area contributed by atoms with E-state index < -0.39 is 10.4 Å². The summed E-state index contributed by atoms with van der Waals surface area (Å²) in [4.78, 5) is 0. The predicted octanol–water partition coefficient (Wildman–Crippen LogP) is -0.482. The zero-order valence-electron chi connectivity index (χ0n) is 3.33. The SMILES string of the molecule is O=S(=O)(O)O.P.S. The van der Waals surface area contributed by atoms with Gasteiger partial charge in [0, 0.05) is 0 Å². The van der Waals surface area contributed by atoms with Crippen LogP contribution in [0.1, 0.15) is 0 Å². The predicted molar refractivity (Wildman–Crippen MR) is 35.7 cm³/mol. The molecule has 1 atom stereocenters. The fraction of sp³-hybridized carbons (Fsp3) is 0. The van der Waals surface area contributed by atoms with Crippen LogP contribution in [0.15, 0.2) is 0 Å². The minimum absolute atomic E-state index is 0. The van der Waals surface area contributed by atoms with E-state index in [0.29, 0.717) is 0 Å². The molecule has 0 rings (SSSR count). The van der Waals surface area contributed by atoms with Gasteiger partial charge in [0.15, 0.2) is 0 Å². The standard InChI is InChI=1S/H2O4S.H3P.H2S/c1-5(2,3)4;;/h(H2,1,2,3,4);1H3;1H2. The molecule has 0 spiro atoms. The van der Waals surface area contributed by atoms with Crippen LogP contribution in [0, 0.1) is 0 Å². The maximum absolute atomic E-state index is 8.74. The molecule has 0 saturated heterocycles. The summed E-state index contributed by atoms with van der Waals surface area (Å²) in [6.45, 7) is 0. The summed E-state index contributed by atoms with van der Waals surface area (Å²) < 4.78 is 31.6. The Balaban J connectivity index is -0.0000000800. The molecule has 0 aromatic rings. The van der Waals surface area contributed by atoms with Crippen LogP contribution < -0.4 is 0 Å². The highest BCUT2D eigenvalue weighted by molar-refractivity contribution is 7.79. The van der Waals surface area contributed by atoms with Gasteiger partial charge in [-0.25, -0.2) is 0 Å². The largest absolute Gasteiger partial charge is 0.394 e. The first kappa shape index (κ1) is 15.6. The average molecular weight is 166 g/mol. The lowest BCUT2D eigenvalue weighted by Gasteiger charge is -1.68. The molecule has 0 aliphatic heterocycles. The Bertz CT molecular complexity index is 92.9. The Morgan fingerprint density at radius 1 is 1.14 bits per heavy atom. The van der Waals surface area contributed by atoms with Gasteiger partial charge in [-0.1, -0.05) is 0 Å². The van der Waals surface area contributed by atoms with E-state index in [0.717, 1.165) is 0 Å². The van der Waals surface area contributed by atoms with E-state index in [1.165, 1.54) is 0 Å². The van der Waals surface area contributed by atoms with E-state index >= 15 is 0 Å². The Hall–Kier alpha value is 0.650. The van der Waals surface area contributed by atoms with Gasteiger partial charge in [0.1, 0.15) is 0 Å². The lowest BCUT2D eigenvalue weighted by molar-refractivity contribution is 0.381. The molecule has 0 aromatic heterocycles. The summed E-state index contributed by atoms with van der Waals surface area (Å²) in [7, 11) is -4.67. The maximum Gasteiger partial charge on any atom is 0.394 e.